The molecule has 3 nitrogen and oxygen atoms in total. The van der Waals surface area contributed by atoms with Crippen molar-refractivity contribution < 1.29 is 9.59 Å². The van der Waals surface area contributed by atoms with Gasteiger partial charge in [-0.15, -0.1) is 0 Å². The lowest BCUT2D eigenvalue weighted by Gasteiger charge is -2.17. The van der Waals surface area contributed by atoms with E-state index in [0.717, 1.165) is 49.9 Å². The SMILES string of the molecule is CCCCC(CC)C(=O)c1ccc(N2CCCC2=O)cc1. The molecule has 1 fully saturated rings. The van der Waals surface area contributed by atoms with E-state index in [9.17, 15) is 9.59 Å². The lowest BCUT2D eigenvalue weighted by Crippen LogP contribution is -2.23. The summed E-state index contributed by atoms with van der Waals surface area (Å²) < 4.78 is 0. The fraction of sp³-hybridized carbons (Fsp3) is 0.556. The molecule has 0 spiro atoms. The Morgan fingerprint density at radius 1 is 1.24 bits per heavy atom. The van der Waals surface area contributed by atoms with Crippen molar-refractivity contribution in [1.82, 2.24) is 0 Å². The van der Waals surface area contributed by atoms with Crippen LogP contribution in [0.5, 0.6) is 0 Å². The second-order valence-electron chi connectivity index (χ2n) is 5.81. The van der Waals surface area contributed by atoms with Crippen LogP contribution in [0.2, 0.25) is 0 Å². The van der Waals surface area contributed by atoms with Crippen LogP contribution < -0.4 is 4.90 Å². The molecule has 2 rings (SSSR count). The monoisotopic (exact) mass is 287 g/mol. The van der Waals surface area contributed by atoms with Crippen LogP contribution in [0.15, 0.2) is 24.3 Å². The zero-order valence-electron chi connectivity index (χ0n) is 13.1. The molecule has 1 saturated heterocycles. The predicted octanol–water partition coefficient (Wildman–Crippen LogP) is 4.21. The number of carbonyl (C=O) groups is 2. The number of nitrogens with zero attached hydrogens (tertiary/aromatic N) is 1. The molecule has 1 aliphatic heterocycles. The zero-order chi connectivity index (χ0) is 15.2. The van der Waals surface area contributed by atoms with E-state index in [4.69, 9.17) is 0 Å². The third kappa shape index (κ3) is 3.72. The van der Waals surface area contributed by atoms with Crippen molar-refractivity contribution in [3.63, 3.8) is 0 Å². The Morgan fingerprint density at radius 3 is 2.48 bits per heavy atom. The highest BCUT2D eigenvalue weighted by Gasteiger charge is 2.22. The number of unbranched alkanes of at least 4 members (excludes halogenated alkanes) is 1. The average molecular weight is 287 g/mol. The lowest BCUT2D eigenvalue weighted by molar-refractivity contribution is -0.117. The maximum absolute atomic E-state index is 12.5. The van der Waals surface area contributed by atoms with E-state index in [1.165, 1.54) is 0 Å². The molecule has 21 heavy (non-hydrogen) atoms. The van der Waals surface area contributed by atoms with Gasteiger partial charge in [0, 0.05) is 30.1 Å². The van der Waals surface area contributed by atoms with E-state index < -0.39 is 0 Å². The van der Waals surface area contributed by atoms with Gasteiger partial charge in [0.15, 0.2) is 5.78 Å². The Morgan fingerprint density at radius 2 is 1.95 bits per heavy atom. The van der Waals surface area contributed by atoms with Gasteiger partial charge in [-0.25, -0.2) is 0 Å². The van der Waals surface area contributed by atoms with E-state index in [1.807, 2.05) is 29.2 Å². The summed E-state index contributed by atoms with van der Waals surface area (Å²) in [6, 6.07) is 7.56. The predicted molar refractivity (Wildman–Crippen MR) is 85.7 cm³/mol. The molecule has 114 valence electrons. The van der Waals surface area contributed by atoms with Crippen LogP contribution in [-0.4, -0.2) is 18.2 Å². The van der Waals surface area contributed by atoms with Gasteiger partial charge in [-0.1, -0.05) is 26.7 Å². The molecular formula is C18H25NO2. The van der Waals surface area contributed by atoms with Gasteiger partial charge in [0.2, 0.25) is 5.91 Å². The number of hydrogen-bond donors (Lipinski definition) is 0. The van der Waals surface area contributed by atoms with Gasteiger partial charge >= 0.3 is 0 Å². The van der Waals surface area contributed by atoms with Gasteiger partial charge in [-0.2, -0.15) is 0 Å². The van der Waals surface area contributed by atoms with Gasteiger partial charge in [-0.05, 0) is 43.5 Å². The molecule has 1 unspecified atom stereocenters. The summed E-state index contributed by atoms with van der Waals surface area (Å²) in [5.41, 5.74) is 1.68. The highest BCUT2D eigenvalue weighted by Crippen LogP contribution is 2.24. The van der Waals surface area contributed by atoms with E-state index in [1.54, 1.807) is 0 Å². The number of ketones is 1. The van der Waals surface area contributed by atoms with Crippen LogP contribution in [0.3, 0.4) is 0 Å². The molecule has 0 N–H and O–H groups in total. The quantitative estimate of drug-likeness (QED) is 0.704. The fourth-order valence-electron chi connectivity index (χ4n) is 2.93. The first-order chi connectivity index (χ1) is 10.2. The van der Waals surface area contributed by atoms with Crippen LogP contribution >= 0.6 is 0 Å². The molecule has 1 aliphatic rings. The van der Waals surface area contributed by atoms with E-state index in [-0.39, 0.29) is 17.6 Å². The van der Waals surface area contributed by atoms with Crippen LogP contribution in [0.4, 0.5) is 5.69 Å². The minimum absolute atomic E-state index is 0.129. The molecule has 0 bridgehead atoms. The first-order valence-electron chi connectivity index (χ1n) is 8.12. The third-order valence-corrected chi connectivity index (χ3v) is 4.31. The summed E-state index contributed by atoms with van der Waals surface area (Å²) in [4.78, 5) is 26.0. The normalized spacial score (nSPS) is 16.3. The Bertz CT molecular complexity index is 492. The Labute approximate surface area is 127 Å². The van der Waals surface area contributed by atoms with Crippen LogP contribution in [0.25, 0.3) is 0 Å². The maximum Gasteiger partial charge on any atom is 0.227 e. The molecule has 0 aromatic heterocycles. The Hall–Kier alpha value is -1.64. The topological polar surface area (TPSA) is 37.4 Å². The number of benzene rings is 1. The third-order valence-electron chi connectivity index (χ3n) is 4.31. The van der Waals surface area contributed by atoms with Gasteiger partial charge in [0.1, 0.15) is 0 Å². The van der Waals surface area contributed by atoms with Crippen molar-refractivity contribution in [3.8, 4) is 0 Å². The molecule has 0 aliphatic carbocycles. The number of rotatable bonds is 7. The van der Waals surface area contributed by atoms with Crippen LogP contribution in [0, 0.1) is 5.92 Å². The number of hydrogen-bond acceptors (Lipinski definition) is 2. The molecule has 0 saturated carbocycles. The lowest BCUT2D eigenvalue weighted by atomic mass is 9.90. The molecule has 1 heterocycles. The van der Waals surface area contributed by atoms with Gasteiger partial charge in [0.05, 0.1) is 0 Å². The minimum Gasteiger partial charge on any atom is -0.312 e. The minimum atomic E-state index is 0.129. The van der Waals surface area contributed by atoms with Crippen LogP contribution in [-0.2, 0) is 4.79 Å². The number of carbonyl (C=O) groups excluding carboxylic acids is 2. The first kappa shape index (κ1) is 15.7. The number of Topliss-reactive ketones (excluding diaryl/α,β-unsaturated/α-hetero) is 1. The zero-order valence-corrected chi connectivity index (χ0v) is 13.1. The van der Waals surface area contributed by atoms with Crippen molar-refractivity contribution >= 4 is 17.4 Å². The van der Waals surface area contributed by atoms with Crippen molar-refractivity contribution in [2.75, 3.05) is 11.4 Å². The summed E-state index contributed by atoms with van der Waals surface area (Å²) in [6.45, 7) is 5.02. The smallest absolute Gasteiger partial charge is 0.227 e. The van der Waals surface area contributed by atoms with Gasteiger partial charge in [-0.3, -0.25) is 9.59 Å². The van der Waals surface area contributed by atoms with Gasteiger partial charge < -0.3 is 4.90 Å². The van der Waals surface area contributed by atoms with E-state index >= 15 is 0 Å². The Balaban J connectivity index is 2.07. The summed E-state index contributed by atoms with van der Waals surface area (Å²) >= 11 is 0. The fourth-order valence-corrected chi connectivity index (χ4v) is 2.93. The van der Waals surface area contributed by atoms with Crippen molar-refractivity contribution in [3.05, 3.63) is 29.8 Å². The summed E-state index contributed by atoms with van der Waals surface area (Å²) in [5.74, 6) is 0.554. The summed E-state index contributed by atoms with van der Waals surface area (Å²) in [5, 5.41) is 0. The van der Waals surface area contributed by atoms with E-state index in [2.05, 4.69) is 13.8 Å². The van der Waals surface area contributed by atoms with Crippen LogP contribution in [0.1, 0.15) is 62.7 Å². The summed E-state index contributed by atoms with van der Waals surface area (Å²) in [6.07, 6.45) is 5.65. The second-order valence-corrected chi connectivity index (χ2v) is 5.81. The maximum atomic E-state index is 12.5. The molecule has 1 amide bonds. The average Bonchev–Trinajstić information content (AvgIpc) is 2.94. The van der Waals surface area contributed by atoms with Gasteiger partial charge in [0.25, 0.3) is 0 Å². The first-order valence-corrected chi connectivity index (χ1v) is 8.12. The summed E-state index contributed by atoms with van der Waals surface area (Å²) in [7, 11) is 0. The molecule has 3 heteroatoms. The number of amides is 1. The highest BCUT2D eigenvalue weighted by molar-refractivity contribution is 5.99. The van der Waals surface area contributed by atoms with Crippen molar-refractivity contribution in [1.29, 1.82) is 0 Å². The van der Waals surface area contributed by atoms with Crippen molar-refractivity contribution in [2.45, 2.75) is 52.4 Å². The molecule has 1 aromatic rings. The molecular weight excluding hydrogens is 262 g/mol. The number of anilines is 1. The highest BCUT2D eigenvalue weighted by atomic mass is 16.2. The Kier molecular flexibility index (Phi) is 5.54. The second kappa shape index (κ2) is 7.39. The largest absolute Gasteiger partial charge is 0.312 e. The molecule has 1 atom stereocenters. The van der Waals surface area contributed by atoms with Crippen molar-refractivity contribution in [2.24, 2.45) is 5.92 Å². The standard InChI is InChI=1S/C18H25NO2/c1-3-5-7-14(4-2)18(21)15-9-11-16(12-10-15)19-13-6-8-17(19)20/h9-12,14H,3-8,13H2,1-2H3. The molecule has 0 radical (unpaired) electrons. The van der Waals surface area contributed by atoms with E-state index in [0.29, 0.717) is 6.42 Å². The molecule has 1 aromatic carbocycles.